The Morgan fingerprint density at radius 3 is 2.43 bits per heavy atom. The highest BCUT2D eigenvalue weighted by atomic mass is 35.5. The maximum Gasteiger partial charge on any atom is 0.321 e. The lowest BCUT2D eigenvalue weighted by Crippen LogP contribution is -2.50. The number of carbonyl (C=O) groups is 1. The molecule has 9 heteroatoms. The molecule has 2 aliphatic heterocycles. The van der Waals surface area contributed by atoms with Gasteiger partial charge in [-0.25, -0.2) is 9.78 Å². The maximum absolute atomic E-state index is 12.6. The summed E-state index contributed by atoms with van der Waals surface area (Å²) in [5, 5.41) is 3.57. The summed E-state index contributed by atoms with van der Waals surface area (Å²) < 4.78 is 5.44. The van der Waals surface area contributed by atoms with Crippen molar-refractivity contribution in [1.29, 1.82) is 0 Å². The molecule has 0 bridgehead atoms. The molecule has 0 aliphatic carbocycles. The number of anilines is 3. The first kappa shape index (κ1) is 20.7. The molecule has 2 fully saturated rings. The lowest BCUT2D eigenvalue weighted by molar-refractivity contribution is 0.122. The van der Waals surface area contributed by atoms with Crippen molar-refractivity contribution in [3.63, 3.8) is 0 Å². The number of nitrogens with zero attached hydrogens (tertiary/aromatic N) is 5. The van der Waals surface area contributed by atoms with Gasteiger partial charge in [0.2, 0.25) is 5.95 Å². The van der Waals surface area contributed by atoms with Crippen LogP contribution in [0, 0.1) is 13.8 Å². The Labute approximate surface area is 181 Å². The predicted molar refractivity (Wildman–Crippen MR) is 119 cm³/mol. The minimum Gasteiger partial charge on any atom is -0.378 e. The first-order valence-corrected chi connectivity index (χ1v) is 10.6. The number of morpholine rings is 1. The third kappa shape index (κ3) is 4.76. The molecule has 30 heavy (non-hydrogen) atoms. The predicted octanol–water partition coefficient (Wildman–Crippen LogP) is 2.94. The molecular weight excluding hydrogens is 404 g/mol. The Morgan fingerprint density at radius 1 is 1.00 bits per heavy atom. The molecular formula is C21H27ClN6O2. The molecule has 160 valence electrons. The van der Waals surface area contributed by atoms with E-state index in [-0.39, 0.29) is 6.03 Å². The minimum atomic E-state index is -0.117. The summed E-state index contributed by atoms with van der Waals surface area (Å²) in [5.41, 5.74) is 2.63. The van der Waals surface area contributed by atoms with Gasteiger partial charge >= 0.3 is 6.03 Å². The third-order valence-corrected chi connectivity index (χ3v) is 5.84. The van der Waals surface area contributed by atoms with Crippen molar-refractivity contribution in [2.24, 2.45) is 0 Å². The first-order valence-electron chi connectivity index (χ1n) is 10.2. The van der Waals surface area contributed by atoms with Gasteiger partial charge in [0, 0.05) is 61.7 Å². The van der Waals surface area contributed by atoms with E-state index in [0.29, 0.717) is 36.9 Å². The number of hydrogen-bond acceptors (Lipinski definition) is 6. The highest BCUT2D eigenvalue weighted by Crippen LogP contribution is 2.22. The SMILES string of the molecule is Cc1cc(N2CCOCC2)nc(N2CCN(C(=O)Nc3ccc(C)c(Cl)c3)CC2)n1. The Morgan fingerprint density at radius 2 is 1.73 bits per heavy atom. The monoisotopic (exact) mass is 430 g/mol. The molecule has 8 nitrogen and oxygen atoms in total. The number of halogens is 1. The van der Waals surface area contributed by atoms with Gasteiger partial charge in [0.1, 0.15) is 5.82 Å². The molecule has 1 aromatic heterocycles. The minimum absolute atomic E-state index is 0.117. The van der Waals surface area contributed by atoms with Crippen molar-refractivity contribution >= 4 is 35.1 Å². The Kier molecular flexibility index (Phi) is 6.24. The van der Waals surface area contributed by atoms with Crippen molar-refractivity contribution in [3.8, 4) is 0 Å². The van der Waals surface area contributed by atoms with E-state index in [0.717, 1.165) is 49.3 Å². The topological polar surface area (TPSA) is 73.8 Å². The van der Waals surface area contributed by atoms with Gasteiger partial charge in [0.15, 0.2) is 0 Å². The van der Waals surface area contributed by atoms with Crippen molar-refractivity contribution in [2.45, 2.75) is 13.8 Å². The standard InChI is InChI=1S/C21H27ClN6O2/c1-15-3-4-17(14-18(15)22)24-21(29)28-7-5-27(6-8-28)20-23-16(2)13-19(25-20)26-9-11-30-12-10-26/h3-4,13-14H,5-12H2,1-2H3,(H,24,29). The van der Waals surface area contributed by atoms with E-state index in [1.54, 1.807) is 6.07 Å². The summed E-state index contributed by atoms with van der Waals surface area (Å²) in [4.78, 5) is 28.2. The van der Waals surface area contributed by atoms with E-state index in [2.05, 4.69) is 20.1 Å². The highest BCUT2D eigenvalue weighted by Gasteiger charge is 2.24. The molecule has 2 saturated heterocycles. The smallest absolute Gasteiger partial charge is 0.321 e. The number of rotatable bonds is 3. The van der Waals surface area contributed by atoms with Crippen molar-refractivity contribution in [1.82, 2.24) is 14.9 Å². The van der Waals surface area contributed by atoms with Crippen molar-refractivity contribution in [2.75, 3.05) is 67.6 Å². The van der Waals surface area contributed by atoms with Crippen molar-refractivity contribution in [3.05, 3.63) is 40.5 Å². The molecule has 1 aromatic carbocycles. The van der Waals surface area contributed by atoms with Gasteiger partial charge in [-0.1, -0.05) is 17.7 Å². The summed E-state index contributed by atoms with van der Waals surface area (Å²) in [7, 11) is 0. The summed E-state index contributed by atoms with van der Waals surface area (Å²) in [6.07, 6.45) is 0. The van der Waals surface area contributed by atoms with Crippen molar-refractivity contribution < 1.29 is 9.53 Å². The Bertz CT molecular complexity index is 910. The Balaban J connectivity index is 1.37. The number of urea groups is 1. The van der Waals surface area contributed by atoms with Crippen LogP contribution in [0.15, 0.2) is 24.3 Å². The van der Waals surface area contributed by atoms with Gasteiger partial charge in [-0.15, -0.1) is 0 Å². The number of amides is 2. The largest absolute Gasteiger partial charge is 0.378 e. The second-order valence-electron chi connectivity index (χ2n) is 7.64. The summed E-state index contributed by atoms with van der Waals surface area (Å²) >= 11 is 6.16. The van der Waals surface area contributed by atoms with Crippen LogP contribution in [0.25, 0.3) is 0 Å². The van der Waals surface area contributed by atoms with Crippen LogP contribution < -0.4 is 15.1 Å². The van der Waals surface area contributed by atoms with Crippen LogP contribution in [-0.4, -0.2) is 73.4 Å². The molecule has 2 amide bonds. The van der Waals surface area contributed by atoms with Crippen LogP contribution >= 0.6 is 11.6 Å². The first-order chi connectivity index (χ1) is 14.5. The number of hydrogen-bond donors (Lipinski definition) is 1. The van der Waals surface area contributed by atoms with Crippen LogP contribution in [0.1, 0.15) is 11.3 Å². The molecule has 0 atom stereocenters. The number of piperazine rings is 1. The van der Waals surface area contributed by atoms with E-state index in [1.165, 1.54) is 0 Å². The zero-order valence-corrected chi connectivity index (χ0v) is 18.2. The lowest BCUT2D eigenvalue weighted by Gasteiger charge is -2.35. The number of carbonyl (C=O) groups excluding carboxylic acids is 1. The zero-order chi connectivity index (χ0) is 21.1. The second-order valence-corrected chi connectivity index (χ2v) is 8.04. The van der Waals surface area contributed by atoms with Gasteiger partial charge in [0.05, 0.1) is 13.2 Å². The van der Waals surface area contributed by atoms with Crippen LogP contribution in [0.4, 0.5) is 22.2 Å². The normalized spacial score (nSPS) is 17.2. The quantitative estimate of drug-likeness (QED) is 0.807. The van der Waals surface area contributed by atoms with Crippen LogP contribution in [0.2, 0.25) is 5.02 Å². The second kappa shape index (κ2) is 9.06. The molecule has 0 unspecified atom stereocenters. The Hall–Kier alpha value is -2.58. The van der Waals surface area contributed by atoms with Gasteiger partial charge < -0.3 is 24.8 Å². The van der Waals surface area contributed by atoms with E-state index < -0.39 is 0 Å². The van der Waals surface area contributed by atoms with E-state index >= 15 is 0 Å². The fourth-order valence-electron chi connectivity index (χ4n) is 3.62. The highest BCUT2D eigenvalue weighted by molar-refractivity contribution is 6.31. The molecule has 2 aliphatic rings. The van der Waals surface area contributed by atoms with Crippen LogP contribution in [-0.2, 0) is 4.74 Å². The van der Waals surface area contributed by atoms with Crippen LogP contribution in [0.3, 0.4) is 0 Å². The van der Waals surface area contributed by atoms with Gasteiger partial charge in [-0.3, -0.25) is 0 Å². The number of nitrogens with one attached hydrogen (secondary N) is 1. The van der Waals surface area contributed by atoms with E-state index in [1.807, 2.05) is 36.9 Å². The van der Waals surface area contributed by atoms with Crippen LogP contribution in [0.5, 0.6) is 0 Å². The summed E-state index contributed by atoms with van der Waals surface area (Å²) in [6.45, 7) is 9.64. The van der Waals surface area contributed by atoms with Gasteiger partial charge in [-0.2, -0.15) is 4.98 Å². The number of aromatic nitrogens is 2. The molecule has 3 heterocycles. The summed E-state index contributed by atoms with van der Waals surface area (Å²) in [5.74, 6) is 1.67. The number of aryl methyl sites for hydroxylation is 2. The molecule has 0 radical (unpaired) electrons. The van der Waals surface area contributed by atoms with Gasteiger partial charge in [-0.05, 0) is 31.5 Å². The zero-order valence-electron chi connectivity index (χ0n) is 17.4. The van der Waals surface area contributed by atoms with Gasteiger partial charge in [0.25, 0.3) is 0 Å². The van der Waals surface area contributed by atoms with E-state index in [9.17, 15) is 4.79 Å². The number of benzene rings is 1. The molecule has 0 spiro atoms. The summed E-state index contributed by atoms with van der Waals surface area (Å²) in [6, 6.07) is 7.44. The average Bonchev–Trinajstić information content (AvgIpc) is 2.76. The molecule has 2 aromatic rings. The molecule has 4 rings (SSSR count). The molecule has 0 saturated carbocycles. The third-order valence-electron chi connectivity index (χ3n) is 5.44. The average molecular weight is 431 g/mol. The number of ether oxygens (including phenoxy) is 1. The molecule has 1 N–H and O–H groups in total. The fourth-order valence-corrected chi connectivity index (χ4v) is 3.80. The fraction of sp³-hybridized carbons (Fsp3) is 0.476. The lowest BCUT2D eigenvalue weighted by atomic mass is 10.2. The maximum atomic E-state index is 12.6. The van der Waals surface area contributed by atoms with E-state index in [4.69, 9.17) is 21.3 Å².